The lowest BCUT2D eigenvalue weighted by Gasteiger charge is -2.27. The van der Waals surface area contributed by atoms with Crippen LogP contribution in [-0.4, -0.2) is 55.4 Å². The Labute approximate surface area is 217 Å². The fourth-order valence-electron chi connectivity index (χ4n) is 4.68. The molecule has 0 radical (unpaired) electrons. The SMILES string of the molecule is c1cnc2c(c1)ccn2-c1ccc(-c2nc(-c3nccs3)cn2-c2ccc(N3CCOCC3)nc2)cc1. The Bertz CT molecular complexity index is 1650. The van der Waals surface area contributed by atoms with Crippen molar-refractivity contribution in [3.63, 3.8) is 0 Å². The molecule has 1 saturated heterocycles. The largest absolute Gasteiger partial charge is 0.378 e. The molecule has 0 saturated carbocycles. The van der Waals surface area contributed by atoms with Crippen LogP contribution in [0.2, 0.25) is 0 Å². The fourth-order valence-corrected chi connectivity index (χ4v) is 5.27. The predicted octanol–water partition coefficient (Wildman–Crippen LogP) is 5.23. The number of benzene rings is 1. The highest BCUT2D eigenvalue weighted by Gasteiger charge is 2.17. The van der Waals surface area contributed by atoms with Crippen molar-refractivity contribution in [1.29, 1.82) is 0 Å². The number of rotatable bonds is 5. The van der Waals surface area contributed by atoms with E-state index in [4.69, 9.17) is 14.7 Å². The highest BCUT2D eigenvalue weighted by molar-refractivity contribution is 7.13. The molecule has 0 atom stereocenters. The average molecular weight is 506 g/mol. The summed E-state index contributed by atoms with van der Waals surface area (Å²) in [7, 11) is 0. The maximum Gasteiger partial charge on any atom is 0.145 e. The van der Waals surface area contributed by atoms with Crippen molar-refractivity contribution in [3.05, 3.63) is 91.0 Å². The van der Waals surface area contributed by atoms with Crippen molar-refractivity contribution in [3.8, 4) is 33.5 Å². The van der Waals surface area contributed by atoms with Crippen molar-refractivity contribution in [2.45, 2.75) is 0 Å². The molecule has 1 aliphatic heterocycles. The molecule has 6 heterocycles. The number of nitrogens with zero attached hydrogens (tertiary/aromatic N) is 7. The number of imidazole rings is 1. The van der Waals surface area contributed by atoms with Crippen LogP contribution in [0.15, 0.2) is 91.0 Å². The summed E-state index contributed by atoms with van der Waals surface area (Å²) in [6.07, 6.45) is 9.63. The number of ether oxygens (including phenoxy) is 1. The molecule has 0 bridgehead atoms. The lowest BCUT2D eigenvalue weighted by Crippen LogP contribution is -2.36. The van der Waals surface area contributed by atoms with Crippen LogP contribution >= 0.6 is 11.3 Å². The summed E-state index contributed by atoms with van der Waals surface area (Å²) >= 11 is 1.58. The second-order valence-corrected chi connectivity index (χ2v) is 9.67. The summed E-state index contributed by atoms with van der Waals surface area (Å²) < 4.78 is 9.67. The third kappa shape index (κ3) is 4.08. The summed E-state index contributed by atoms with van der Waals surface area (Å²) in [6, 6.07) is 18.7. The minimum absolute atomic E-state index is 0.733. The van der Waals surface area contributed by atoms with Gasteiger partial charge in [-0.15, -0.1) is 11.3 Å². The smallest absolute Gasteiger partial charge is 0.145 e. The number of aromatic nitrogens is 6. The minimum Gasteiger partial charge on any atom is -0.378 e. The first-order valence-corrected chi connectivity index (χ1v) is 13.0. The van der Waals surface area contributed by atoms with Crippen LogP contribution in [0, 0.1) is 0 Å². The molecule has 0 unspecified atom stereocenters. The molecule has 9 heteroatoms. The van der Waals surface area contributed by atoms with Gasteiger partial charge in [-0.1, -0.05) is 0 Å². The first kappa shape index (κ1) is 21.9. The van der Waals surface area contributed by atoms with Crippen molar-refractivity contribution in [2.75, 3.05) is 31.2 Å². The van der Waals surface area contributed by atoms with E-state index in [0.29, 0.717) is 0 Å². The van der Waals surface area contributed by atoms with Crippen molar-refractivity contribution in [2.24, 2.45) is 0 Å². The molecule has 37 heavy (non-hydrogen) atoms. The Morgan fingerprint density at radius 1 is 0.811 bits per heavy atom. The Balaban J connectivity index is 1.27. The lowest BCUT2D eigenvalue weighted by molar-refractivity contribution is 0.122. The topological polar surface area (TPSA) is 73.9 Å². The molecule has 1 aliphatic rings. The third-order valence-corrected chi connectivity index (χ3v) is 7.35. The zero-order chi connectivity index (χ0) is 24.6. The van der Waals surface area contributed by atoms with Crippen LogP contribution in [0.25, 0.3) is 44.5 Å². The molecular formula is C28H23N7OS. The standard InChI is InChI=1S/C28H23N7OS/c1-2-20-9-12-34(26(20)29-10-1)22-5-3-21(4-6-22)27-32-24(28-30-11-17-37-28)19-35(27)23-7-8-25(31-18-23)33-13-15-36-16-14-33/h1-12,17-19H,13-16H2. The summed E-state index contributed by atoms with van der Waals surface area (Å²) in [5.41, 5.74) is 4.79. The average Bonchev–Trinajstić information content (AvgIpc) is 3.74. The van der Waals surface area contributed by atoms with E-state index in [2.05, 4.69) is 78.7 Å². The van der Waals surface area contributed by atoms with E-state index in [0.717, 1.165) is 76.6 Å². The monoisotopic (exact) mass is 505 g/mol. The van der Waals surface area contributed by atoms with Crippen LogP contribution in [0.5, 0.6) is 0 Å². The highest BCUT2D eigenvalue weighted by Crippen LogP contribution is 2.30. The van der Waals surface area contributed by atoms with Gasteiger partial charge in [0.05, 0.1) is 25.1 Å². The van der Waals surface area contributed by atoms with Gasteiger partial charge in [-0.2, -0.15) is 0 Å². The molecule has 8 nitrogen and oxygen atoms in total. The van der Waals surface area contributed by atoms with E-state index in [-0.39, 0.29) is 0 Å². The predicted molar refractivity (Wildman–Crippen MR) is 146 cm³/mol. The van der Waals surface area contributed by atoms with Crippen molar-refractivity contribution in [1.82, 2.24) is 29.1 Å². The Kier molecular flexibility index (Phi) is 5.49. The zero-order valence-corrected chi connectivity index (χ0v) is 20.8. The van der Waals surface area contributed by atoms with Gasteiger partial charge in [0.1, 0.15) is 28.0 Å². The maximum atomic E-state index is 5.48. The molecular weight excluding hydrogens is 482 g/mol. The maximum absolute atomic E-state index is 5.48. The number of hydrogen-bond donors (Lipinski definition) is 0. The molecule has 5 aromatic heterocycles. The highest BCUT2D eigenvalue weighted by atomic mass is 32.1. The van der Waals surface area contributed by atoms with Gasteiger partial charge in [0.15, 0.2) is 0 Å². The first-order valence-electron chi connectivity index (χ1n) is 12.1. The van der Waals surface area contributed by atoms with Gasteiger partial charge < -0.3 is 14.2 Å². The van der Waals surface area contributed by atoms with E-state index < -0.39 is 0 Å². The molecule has 0 amide bonds. The molecule has 7 rings (SSSR count). The number of thiazole rings is 1. The zero-order valence-electron chi connectivity index (χ0n) is 19.9. The Morgan fingerprint density at radius 2 is 1.68 bits per heavy atom. The molecule has 0 N–H and O–H groups in total. The number of hydrogen-bond acceptors (Lipinski definition) is 7. The van der Waals surface area contributed by atoms with E-state index in [9.17, 15) is 0 Å². The minimum atomic E-state index is 0.733. The summed E-state index contributed by atoms with van der Waals surface area (Å²) in [5.74, 6) is 1.80. The number of anilines is 1. The fraction of sp³-hybridized carbons (Fsp3) is 0.143. The summed E-state index contributed by atoms with van der Waals surface area (Å²) in [5, 5.41) is 3.97. The van der Waals surface area contributed by atoms with Crippen molar-refractivity contribution >= 4 is 28.2 Å². The van der Waals surface area contributed by atoms with Gasteiger partial charge in [0.2, 0.25) is 0 Å². The Hall–Kier alpha value is -4.34. The quantitative estimate of drug-likeness (QED) is 0.319. The van der Waals surface area contributed by atoms with Gasteiger partial charge >= 0.3 is 0 Å². The van der Waals surface area contributed by atoms with Crippen molar-refractivity contribution < 1.29 is 4.74 Å². The van der Waals surface area contributed by atoms with Crippen LogP contribution in [0.4, 0.5) is 5.82 Å². The number of fused-ring (bicyclic) bond motifs is 1. The molecule has 0 spiro atoms. The number of morpholine rings is 1. The van der Waals surface area contributed by atoms with Gasteiger partial charge in [-0.25, -0.2) is 19.9 Å². The van der Waals surface area contributed by atoms with Crippen LogP contribution in [-0.2, 0) is 4.74 Å². The van der Waals surface area contributed by atoms with Gasteiger partial charge in [0, 0.05) is 59.9 Å². The van der Waals surface area contributed by atoms with Crippen LogP contribution < -0.4 is 4.90 Å². The molecule has 1 fully saturated rings. The molecule has 182 valence electrons. The normalized spacial score (nSPS) is 13.9. The molecule has 6 aromatic rings. The van der Waals surface area contributed by atoms with E-state index in [1.165, 1.54) is 0 Å². The van der Waals surface area contributed by atoms with Gasteiger partial charge in [-0.3, -0.25) is 4.57 Å². The summed E-state index contributed by atoms with van der Waals surface area (Å²) in [6.45, 7) is 3.18. The first-order chi connectivity index (χ1) is 18.3. The second kappa shape index (κ2) is 9.27. The van der Waals surface area contributed by atoms with Crippen LogP contribution in [0.1, 0.15) is 0 Å². The Morgan fingerprint density at radius 3 is 2.46 bits per heavy atom. The third-order valence-electron chi connectivity index (χ3n) is 6.55. The molecule has 0 aliphatic carbocycles. The van der Waals surface area contributed by atoms with E-state index >= 15 is 0 Å². The van der Waals surface area contributed by atoms with E-state index in [1.54, 1.807) is 11.3 Å². The van der Waals surface area contributed by atoms with E-state index in [1.807, 2.05) is 36.2 Å². The van der Waals surface area contributed by atoms with Crippen LogP contribution in [0.3, 0.4) is 0 Å². The van der Waals surface area contributed by atoms with Gasteiger partial charge in [-0.05, 0) is 54.6 Å². The number of pyridine rings is 2. The summed E-state index contributed by atoms with van der Waals surface area (Å²) in [4.78, 5) is 21.0. The second-order valence-electron chi connectivity index (χ2n) is 8.78. The lowest BCUT2D eigenvalue weighted by atomic mass is 10.2. The van der Waals surface area contributed by atoms with Gasteiger partial charge in [0.25, 0.3) is 0 Å². The molecule has 1 aromatic carbocycles.